The summed E-state index contributed by atoms with van der Waals surface area (Å²) >= 11 is 1.33. The molecule has 0 saturated heterocycles. The second-order valence-corrected chi connectivity index (χ2v) is 6.65. The Bertz CT molecular complexity index is 988. The largest absolute Gasteiger partial charge is 0.497 e. The van der Waals surface area contributed by atoms with Crippen molar-refractivity contribution in [2.45, 2.75) is 0 Å². The van der Waals surface area contributed by atoms with Gasteiger partial charge in [0.1, 0.15) is 22.1 Å². The van der Waals surface area contributed by atoms with E-state index in [-0.39, 0.29) is 11.8 Å². The molecule has 0 bridgehead atoms. The number of benzene rings is 2. The van der Waals surface area contributed by atoms with E-state index < -0.39 is 0 Å². The number of ketones is 1. The number of hydrogen-bond donors (Lipinski definition) is 0. The third-order valence-electron chi connectivity index (χ3n) is 3.91. The van der Waals surface area contributed by atoms with Gasteiger partial charge in [0.15, 0.2) is 5.78 Å². The molecule has 28 heavy (non-hydrogen) atoms. The van der Waals surface area contributed by atoms with Crippen molar-refractivity contribution in [3.05, 3.63) is 82.1 Å². The minimum atomic E-state index is -0.389. The highest BCUT2D eigenvalue weighted by atomic mass is 32.1. The summed E-state index contributed by atoms with van der Waals surface area (Å²) in [7, 11) is 3.06. The van der Waals surface area contributed by atoms with Gasteiger partial charge in [0.25, 0.3) is 0 Å². The average molecular weight is 394 g/mol. The first-order valence-corrected chi connectivity index (χ1v) is 9.29. The van der Waals surface area contributed by atoms with Crippen molar-refractivity contribution < 1.29 is 23.8 Å². The summed E-state index contributed by atoms with van der Waals surface area (Å²) in [6, 6.07) is 15.5. The average Bonchev–Trinajstić information content (AvgIpc) is 3.27. The van der Waals surface area contributed by atoms with Gasteiger partial charge in [-0.2, -0.15) is 0 Å². The molecular formula is C22H18O5S. The summed E-state index contributed by atoms with van der Waals surface area (Å²) in [5, 5.41) is 1.82. The van der Waals surface area contributed by atoms with Crippen molar-refractivity contribution in [1.82, 2.24) is 0 Å². The molecule has 3 rings (SSSR count). The van der Waals surface area contributed by atoms with Crippen LogP contribution in [-0.4, -0.2) is 26.0 Å². The van der Waals surface area contributed by atoms with Crippen molar-refractivity contribution in [2.75, 3.05) is 14.2 Å². The van der Waals surface area contributed by atoms with E-state index in [4.69, 9.17) is 14.2 Å². The zero-order valence-corrected chi connectivity index (χ0v) is 16.2. The molecule has 0 unspecified atom stereocenters. The van der Waals surface area contributed by atoms with Crippen LogP contribution in [0.5, 0.6) is 17.2 Å². The highest BCUT2D eigenvalue weighted by Gasteiger charge is 2.11. The number of thiophene rings is 1. The topological polar surface area (TPSA) is 61.8 Å². The van der Waals surface area contributed by atoms with Crippen LogP contribution in [0.15, 0.2) is 66.1 Å². The van der Waals surface area contributed by atoms with Gasteiger partial charge in [0, 0.05) is 6.07 Å². The van der Waals surface area contributed by atoms with Gasteiger partial charge in [-0.3, -0.25) is 4.79 Å². The van der Waals surface area contributed by atoms with E-state index >= 15 is 0 Å². The first-order chi connectivity index (χ1) is 13.6. The van der Waals surface area contributed by atoms with Crippen molar-refractivity contribution in [2.24, 2.45) is 0 Å². The van der Waals surface area contributed by atoms with Crippen LogP contribution in [0.25, 0.3) is 6.08 Å². The Balaban J connectivity index is 1.67. The standard InChI is InChI=1S/C22H18O5S/c1-25-17-10-11-18(20(14-17)26-2)19(23)12-7-15-5-8-16(9-6-15)27-22(24)21-4-3-13-28-21/h3-14H,1-2H3/b12-7+. The Morgan fingerprint density at radius 2 is 1.68 bits per heavy atom. The minimum Gasteiger partial charge on any atom is -0.497 e. The van der Waals surface area contributed by atoms with E-state index in [9.17, 15) is 9.59 Å². The van der Waals surface area contributed by atoms with Crippen LogP contribution in [0.4, 0.5) is 0 Å². The molecule has 0 radical (unpaired) electrons. The number of ether oxygens (including phenoxy) is 3. The lowest BCUT2D eigenvalue weighted by Gasteiger charge is -2.08. The van der Waals surface area contributed by atoms with Crippen LogP contribution in [0.3, 0.4) is 0 Å². The minimum absolute atomic E-state index is 0.187. The lowest BCUT2D eigenvalue weighted by molar-refractivity contribution is 0.0739. The molecule has 0 atom stereocenters. The monoisotopic (exact) mass is 394 g/mol. The van der Waals surface area contributed by atoms with E-state index in [1.54, 1.807) is 67.8 Å². The summed E-state index contributed by atoms with van der Waals surface area (Å²) in [6.07, 6.45) is 3.16. The summed E-state index contributed by atoms with van der Waals surface area (Å²) in [5.74, 6) is 0.932. The van der Waals surface area contributed by atoms with Crippen molar-refractivity contribution in [3.8, 4) is 17.2 Å². The van der Waals surface area contributed by atoms with Gasteiger partial charge in [-0.25, -0.2) is 4.79 Å². The van der Waals surface area contributed by atoms with Gasteiger partial charge in [-0.05, 0) is 47.4 Å². The van der Waals surface area contributed by atoms with E-state index in [1.807, 2.05) is 5.38 Å². The molecule has 5 nitrogen and oxygen atoms in total. The normalized spacial score (nSPS) is 10.6. The van der Waals surface area contributed by atoms with Crippen LogP contribution in [-0.2, 0) is 0 Å². The zero-order valence-electron chi connectivity index (χ0n) is 15.4. The zero-order chi connectivity index (χ0) is 19.9. The maximum atomic E-state index is 12.5. The first-order valence-electron chi connectivity index (χ1n) is 8.41. The van der Waals surface area contributed by atoms with Gasteiger partial charge in [0.2, 0.25) is 0 Å². The number of hydrogen-bond acceptors (Lipinski definition) is 6. The van der Waals surface area contributed by atoms with Crippen molar-refractivity contribution in [3.63, 3.8) is 0 Å². The van der Waals surface area contributed by atoms with Crippen molar-refractivity contribution >= 4 is 29.2 Å². The van der Waals surface area contributed by atoms with Crippen LogP contribution in [0.1, 0.15) is 25.6 Å². The second kappa shape index (κ2) is 9.01. The molecule has 0 saturated carbocycles. The Kier molecular flexibility index (Phi) is 6.24. The molecule has 2 aromatic carbocycles. The molecule has 3 aromatic rings. The molecule has 0 aliphatic rings. The predicted octanol–water partition coefficient (Wildman–Crippen LogP) is 4.88. The maximum absolute atomic E-state index is 12.5. The molecule has 0 fully saturated rings. The van der Waals surface area contributed by atoms with E-state index in [0.717, 1.165) is 5.56 Å². The van der Waals surface area contributed by atoms with Gasteiger partial charge in [-0.1, -0.05) is 24.3 Å². The van der Waals surface area contributed by atoms with E-state index in [1.165, 1.54) is 24.5 Å². The summed E-state index contributed by atoms with van der Waals surface area (Å²) in [6.45, 7) is 0. The number of carbonyl (C=O) groups is 2. The molecule has 0 amide bonds. The van der Waals surface area contributed by atoms with Gasteiger partial charge in [-0.15, -0.1) is 11.3 Å². The fourth-order valence-electron chi connectivity index (χ4n) is 2.46. The lowest BCUT2D eigenvalue weighted by atomic mass is 10.1. The smallest absolute Gasteiger partial charge is 0.353 e. The Labute approximate surface area is 166 Å². The number of esters is 1. The van der Waals surface area contributed by atoms with Crippen LogP contribution in [0, 0.1) is 0 Å². The first kappa shape index (κ1) is 19.4. The highest BCUT2D eigenvalue weighted by molar-refractivity contribution is 7.12. The molecular weight excluding hydrogens is 376 g/mol. The van der Waals surface area contributed by atoms with Gasteiger partial charge in [0.05, 0.1) is 19.8 Å². The maximum Gasteiger partial charge on any atom is 0.353 e. The predicted molar refractivity (Wildman–Crippen MR) is 109 cm³/mol. The molecule has 1 aromatic heterocycles. The molecule has 0 spiro atoms. The summed E-state index contributed by atoms with van der Waals surface area (Å²) in [4.78, 5) is 25.0. The van der Waals surface area contributed by atoms with Crippen LogP contribution >= 0.6 is 11.3 Å². The molecule has 142 valence electrons. The fraction of sp³-hybridized carbons (Fsp3) is 0.0909. The quantitative estimate of drug-likeness (QED) is 0.247. The number of carbonyl (C=O) groups excluding carboxylic acids is 2. The second-order valence-electron chi connectivity index (χ2n) is 5.70. The Morgan fingerprint density at radius 1 is 0.929 bits per heavy atom. The van der Waals surface area contributed by atoms with Crippen LogP contribution in [0.2, 0.25) is 0 Å². The Morgan fingerprint density at radius 3 is 2.32 bits per heavy atom. The third kappa shape index (κ3) is 4.66. The molecule has 6 heteroatoms. The SMILES string of the molecule is COc1ccc(C(=O)/C=C/c2ccc(OC(=O)c3cccs3)cc2)c(OC)c1. The van der Waals surface area contributed by atoms with Crippen LogP contribution < -0.4 is 14.2 Å². The molecule has 0 aliphatic heterocycles. The van der Waals surface area contributed by atoms with Gasteiger partial charge < -0.3 is 14.2 Å². The molecule has 0 N–H and O–H groups in total. The summed E-state index contributed by atoms with van der Waals surface area (Å²) < 4.78 is 15.7. The number of rotatable bonds is 7. The van der Waals surface area contributed by atoms with E-state index in [0.29, 0.717) is 27.7 Å². The fourth-order valence-corrected chi connectivity index (χ4v) is 3.06. The Hall–Kier alpha value is -3.38. The number of allylic oxidation sites excluding steroid dienone is 1. The van der Waals surface area contributed by atoms with Crippen molar-refractivity contribution in [1.29, 1.82) is 0 Å². The summed E-state index contributed by atoms with van der Waals surface area (Å²) in [5.41, 5.74) is 1.25. The molecule has 0 aliphatic carbocycles. The highest BCUT2D eigenvalue weighted by Crippen LogP contribution is 2.25. The number of methoxy groups -OCH3 is 2. The van der Waals surface area contributed by atoms with E-state index in [2.05, 4.69) is 0 Å². The molecule has 1 heterocycles. The van der Waals surface area contributed by atoms with Gasteiger partial charge >= 0.3 is 5.97 Å². The lowest BCUT2D eigenvalue weighted by Crippen LogP contribution is -2.06. The third-order valence-corrected chi connectivity index (χ3v) is 4.76.